The maximum atomic E-state index is 6.05. The van der Waals surface area contributed by atoms with Gasteiger partial charge >= 0.3 is 0 Å². The lowest BCUT2D eigenvalue weighted by atomic mass is 10.1. The van der Waals surface area contributed by atoms with Gasteiger partial charge < -0.3 is 0 Å². The molecule has 0 bridgehead atoms. The Balaban J connectivity index is 2.13. The highest BCUT2D eigenvalue weighted by molar-refractivity contribution is 9.09. The van der Waals surface area contributed by atoms with Gasteiger partial charge in [-0.3, -0.25) is 4.98 Å². The summed E-state index contributed by atoms with van der Waals surface area (Å²) in [6.07, 6.45) is 4.25. The van der Waals surface area contributed by atoms with Crippen molar-refractivity contribution in [1.82, 2.24) is 4.98 Å². The van der Waals surface area contributed by atoms with Gasteiger partial charge in [0.2, 0.25) is 0 Å². The lowest BCUT2D eigenvalue weighted by molar-refractivity contribution is 0.964. The number of aromatic nitrogens is 1. The van der Waals surface area contributed by atoms with Gasteiger partial charge in [-0.2, -0.15) is 0 Å². The summed E-state index contributed by atoms with van der Waals surface area (Å²) in [5.41, 5.74) is 1.09. The molecule has 2 rings (SSSR count). The van der Waals surface area contributed by atoms with E-state index >= 15 is 0 Å². The predicted octanol–water partition coefficient (Wildman–Crippen LogP) is 5.13. The Kier molecular flexibility index (Phi) is 4.25. The third-order valence-corrected chi connectivity index (χ3v) is 4.96. The number of rotatable bonds is 3. The summed E-state index contributed by atoms with van der Waals surface area (Å²) in [5, 5.41) is 0.703. The standard InChI is InChI=1S/C11H8BrCl2NS/c12-8(10-1-2-11(14)16-10)5-7-3-4-15-6-9(7)13/h1-4,6,8H,5H2. The maximum absolute atomic E-state index is 6.05. The second-order valence-electron chi connectivity index (χ2n) is 3.28. The fourth-order valence-corrected chi connectivity index (χ4v) is 3.38. The van der Waals surface area contributed by atoms with Crippen molar-refractivity contribution < 1.29 is 0 Å². The molecule has 0 saturated carbocycles. The highest BCUT2D eigenvalue weighted by atomic mass is 79.9. The quantitative estimate of drug-likeness (QED) is 0.708. The summed E-state index contributed by atoms with van der Waals surface area (Å²) < 4.78 is 0.806. The summed E-state index contributed by atoms with van der Waals surface area (Å²) in [4.78, 5) is 5.41. The van der Waals surface area contributed by atoms with Crippen molar-refractivity contribution in [2.45, 2.75) is 11.2 Å². The van der Waals surface area contributed by atoms with Crippen molar-refractivity contribution >= 4 is 50.5 Å². The van der Waals surface area contributed by atoms with Gasteiger partial charge in [0.1, 0.15) is 0 Å². The first-order valence-corrected chi connectivity index (χ1v) is 7.13. The lowest BCUT2D eigenvalue weighted by Gasteiger charge is -2.08. The van der Waals surface area contributed by atoms with E-state index in [1.807, 2.05) is 18.2 Å². The zero-order valence-corrected chi connectivity index (χ0v) is 12.1. The predicted molar refractivity (Wildman–Crippen MR) is 73.9 cm³/mol. The van der Waals surface area contributed by atoms with Crippen molar-refractivity contribution in [3.63, 3.8) is 0 Å². The van der Waals surface area contributed by atoms with Gasteiger partial charge in [-0.15, -0.1) is 11.3 Å². The second-order valence-corrected chi connectivity index (χ2v) is 6.54. The second kappa shape index (κ2) is 5.50. The molecule has 0 aromatic carbocycles. The molecule has 5 heteroatoms. The molecule has 0 aliphatic rings. The number of pyridine rings is 1. The molecular weight excluding hydrogens is 329 g/mol. The van der Waals surface area contributed by atoms with Crippen molar-refractivity contribution in [2.75, 3.05) is 0 Å². The minimum atomic E-state index is 0.241. The molecule has 0 aliphatic heterocycles. The minimum absolute atomic E-state index is 0.241. The number of nitrogens with zero attached hydrogens (tertiary/aromatic N) is 1. The van der Waals surface area contributed by atoms with Crippen LogP contribution >= 0.6 is 50.5 Å². The number of thiophene rings is 1. The summed E-state index contributed by atoms with van der Waals surface area (Å²) in [5.74, 6) is 0. The first-order valence-electron chi connectivity index (χ1n) is 4.64. The monoisotopic (exact) mass is 335 g/mol. The van der Waals surface area contributed by atoms with E-state index in [4.69, 9.17) is 23.2 Å². The van der Waals surface area contributed by atoms with Crippen LogP contribution in [0.5, 0.6) is 0 Å². The van der Waals surface area contributed by atoms with Crippen LogP contribution in [0, 0.1) is 0 Å². The van der Waals surface area contributed by atoms with Gasteiger partial charge in [0.05, 0.1) is 14.2 Å². The van der Waals surface area contributed by atoms with Crippen LogP contribution in [0.25, 0.3) is 0 Å². The number of hydrogen-bond acceptors (Lipinski definition) is 2. The summed E-state index contributed by atoms with van der Waals surface area (Å²) in [7, 11) is 0. The van der Waals surface area contributed by atoms with Gasteiger partial charge in [-0.05, 0) is 30.2 Å². The van der Waals surface area contributed by atoms with E-state index < -0.39 is 0 Å². The SMILES string of the molecule is Clc1ccc(C(Br)Cc2ccncc2Cl)s1. The first-order chi connectivity index (χ1) is 7.66. The van der Waals surface area contributed by atoms with Crippen LogP contribution in [-0.2, 0) is 6.42 Å². The van der Waals surface area contributed by atoms with Crippen LogP contribution in [0.4, 0.5) is 0 Å². The Hall–Kier alpha value is -0.0900. The molecule has 2 heterocycles. The highest BCUT2D eigenvalue weighted by Gasteiger charge is 2.12. The Labute approximate surface area is 117 Å². The van der Waals surface area contributed by atoms with Crippen molar-refractivity contribution in [3.05, 3.63) is 50.4 Å². The molecule has 0 amide bonds. The number of alkyl halides is 1. The van der Waals surface area contributed by atoms with Crippen molar-refractivity contribution in [3.8, 4) is 0 Å². The average molecular weight is 337 g/mol. The van der Waals surface area contributed by atoms with Crippen LogP contribution in [0.15, 0.2) is 30.6 Å². The average Bonchev–Trinajstić information content (AvgIpc) is 2.68. The van der Waals surface area contributed by atoms with Gasteiger partial charge in [0, 0.05) is 17.3 Å². The fourth-order valence-electron chi connectivity index (χ4n) is 1.36. The maximum Gasteiger partial charge on any atom is 0.0931 e. The molecule has 1 unspecified atom stereocenters. The van der Waals surface area contributed by atoms with Gasteiger partial charge in [-0.1, -0.05) is 39.1 Å². The zero-order valence-electron chi connectivity index (χ0n) is 8.16. The molecule has 16 heavy (non-hydrogen) atoms. The number of halogens is 3. The smallest absolute Gasteiger partial charge is 0.0931 e. The summed E-state index contributed by atoms with van der Waals surface area (Å²) in [6.45, 7) is 0. The zero-order chi connectivity index (χ0) is 11.5. The molecule has 1 atom stereocenters. The molecule has 0 spiro atoms. The molecule has 2 aromatic heterocycles. The molecule has 2 aromatic rings. The largest absolute Gasteiger partial charge is 0.263 e. The van der Waals surface area contributed by atoms with Gasteiger partial charge in [0.25, 0.3) is 0 Å². The molecule has 0 N–H and O–H groups in total. The summed E-state index contributed by atoms with van der Waals surface area (Å²) >= 11 is 17.2. The Morgan fingerprint density at radius 1 is 1.31 bits per heavy atom. The van der Waals surface area contributed by atoms with Crippen LogP contribution in [0.2, 0.25) is 9.36 Å². The molecule has 0 radical (unpaired) electrons. The molecule has 84 valence electrons. The van der Waals surface area contributed by atoms with E-state index in [1.165, 1.54) is 4.88 Å². The minimum Gasteiger partial charge on any atom is -0.263 e. The summed E-state index contributed by atoms with van der Waals surface area (Å²) in [6, 6.07) is 5.87. The molecule has 1 nitrogen and oxygen atoms in total. The lowest BCUT2D eigenvalue weighted by Crippen LogP contribution is -1.94. The van der Waals surface area contributed by atoms with E-state index in [0.29, 0.717) is 5.02 Å². The molecule has 0 saturated heterocycles. The third kappa shape index (κ3) is 2.98. The van der Waals surface area contributed by atoms with Crippen LogP contribution < -0.4 is 0 Å². The van der Waals surface area contributed by atoms with E-state index in [9.17, 15) is 0 Å². The Morgan fingerprint density at radius 2 is 2.12 bits per heavy atom. The highest BCUT2D eigenvalue weighted by Crippen LogP contribution is 2.35. The Morgan fingerprint density at radius 3 is 2.75 bits per heavy atom. The van der Waals surface area contributed by atoms with Crippen LogP contribution in [-0.4, -0.2) is 4.98 Å². The topological polar surface area (TPSA) is 12.9 Å². The van der Waals surface area contributed by atoms with Crippen LogP contribution in [0.1, 0.15) is 15.3 Å². The van der Waals surface area contributed by atoms with E-state index in [2.05, 4.69) is 20.9 Å². The van der Waals surface area contributed by atoms with E-state index in [0.717, 1.165) is 16.3 Å². The van der Waals surface area contributed by atoms with Crippen molar-refractivity contribution in [1.29, 1.82) is 0 Å². The normalized spacial score (nSPS) is 12.7. The third-order valence-electron chi connectivity index (χ3n) is 2.16. The van der Waals surface area contributed by atoms with E-state index in [-0.39, 0.29) is 4.83 Å². The molecular formula is C11H8BrCl2NS. The van der Waals surface area contributed by atoms with Crippen molar-refractivity contribution in [2.24, 2.45) is 0 Å². The van der Waals surface area contributed by atoms with Gasteiger partial charge in [-0.25, -0.2) is 0 Å². The van der Waals surface area contributed by atoms with Gasteiger partial charge in [0.15, 0.2) is 0 Å². The number of hydrogen-bond donors (Lipinski definition) is 0. The molecule has 0 aliphatic carbocycles. The van der Waals surface area contributed by atoms with E-state index in [1.54, 1.807) is 23.7 Å². The van der Waals surface area contributed by atoms with Crippen LogP contribution in [0.3, 0.4) is 0 Å². The molecule has 0 fully saturated rings. The fraction of sp³-hybridized carbons (Fsp3) is 0.182. The first kappa shape index (κ1) is 12.4. The Bertz CT molecular complexity index is 486.